The second-order valence-electron chi connectivity index (χ2n) is 5.46. The number of rotatable bonds is 4. The highest BCUT2D eigenvalue weighted by molar-refractivity contribution is 6.58. The Morgan fingerprint density at radius 3 is 2.38 bits per heavy atom. The number of carbonyl (C=O) groups is 1. The number of phenolic OH excluding ortho intramolecular Hbond substituents is 1. The molecule has 3 N–H and O–H groups in total. The summed E-state index contributed by atoms with van der Waals surface area (Å²) in [4.78, 5) is 22.7. The van der Waals surface area contributed by atoms with Gasteiger partial charge in [-0.2, -0.15) is 0 Å². The molecule has 130 valence electrons. The molecule has 9 heteroatoms. The summed E-state index contributed by atoms with van der Waals surface area (Å²) in [5, 5.41) is 40.3. The van der Waals surface area contributed by atoms with Crippen molar-refractivity contribution in [3.63, 3.8) is 0 Å². The van der Waals surface area contributed by atoms with Crippen molar-refractivity contribution in [3.05, 3.63) is 70.3 Å². The van der Waals surface area contributed by atoms with Crippen molar-refractivity contribution in [1.29, 1.82) is 0 Å². The van der Waals surface area contributed by atoms with Crippen LogP contribution in [0.15, 0.2) is 54.6 Å². The number of ether oxygens (including phenoxy) is 1. The predicted octanol–water partition coefficient (Wildman–Crippen LogP) is 1.35. The summed E-state index contributed by atoms with van der Waals surface area (Å²) in [6, 6.07) is 12.5. The zero-order valence-corrected chi connectivity index (χ0v) is 13.2. The van der Waals surface area contributed by atoms with Crippen LogP contribution < -0.4 is 10.2 Å². The minimum Gasteiger partial charge on any atom is -0.507 e. The van der Waals surface area contributed by atoms with Crippen LogP contribution in [0.3, 0.4) is 0 Å². The monoisotopic (exact) mass is 353 g/mol. The minimum absolute atomic E-state index is 0.0152. The number of esters is 1. The molecule has 0 heterocycles. The number of benzene rings is 3. The SMILES string of the molecule is O=C(Oc1ccc(O)c2ccccc12)c1cc(B(O)O)cc([N+](=O)[O-])c1. The number of phenols is 1. The number of hydrogen-bond acceptors (Lipinski definition) is 7. The number of nitro groups is 1. The summed E-state index contributed by atoms with van der Waals surface area (Å²) >= 11 is 0. The molecule has 0 fully saturated rings. The number of fused-ring (bicyclic) bond motifs is 1. The van der Waals surface area contributed by atoms with E-state index in [1.165, 1.54) is 12.1 Å². The Hall–Kier alpha value is -3.43. The average molecular weight is 353 g/mol. The van der Waals surface area contributed by atoms with Crippen molar-refractivity contribution in [1.82, 2.24) is 0 Å². The fourth-order valence-corrected chi connectivity index (χ4v) is 2.51. The fourth-order valence-electron chi connectivity index (χ4n) is 2.51. The van der Waals surface area contributed by atoms with Crippen LogP contribution in [0.4, 0.5) is 5.69 Å². The van der Waals surface area contributed by atoms with Crippen LogP contribution in [0.1, 0.15) is 10.4 Å². The molecular weight excluding hydrogens is 341 g/mol. The van der Waals surface area contributed by atoms with Crippen molar-refractivity contribution in [2.45, 2.75) is 0 Å². The third kappa shape index (κ3) is 3.34. The Balaban J connectivity index is 2.01. The third-order valence-corrected chi connectivity index (χ3v) is 3.75. The lowest BCUT2D eigenvalue weighted by molar-refractivity contribution is -0.384. The molecule has 0 radical (unpaired) electrons. The molecule has 0 amide bonds. The van der Waals surface area contributed by atoms with Crippen molar-refractivity contribution >= 4 is 35.0 Å². The van der Waals surface area contributed by atoms with E-state index < -0.39 is 23.7 Å². The van der Waals surface area contributed by atoms with E-state index in [1.54, 1.807) is 24.3 Å². The molecule has 0 saturated heterocycles. The Morgan fingerprint density at radius 1 is 1.04 bits per heavy atom. The molecule has 0 aliphatic heterocycles. The van der Waals surface area contributed by atoms with E-state index in [1.807, 2.05) is 0 Å². The van der Waals surface area contributed by atoms with Crippen LogP contribution in [0.25, 0.3) is 10.8 Å². The van der Waals surface area contributed by atoms with E-state index in [4.69, 9.17) is 4.74 Å². The molecule has 0 atom stereocenters. The Bertz CT molecular complexity index is 1020. The molecule has 0 aromatic heterocycles. The predicted molar refractivity (Wildman–Crippen MR) is 93.5 cm³/mol. The van der Waals surface area contributed by atoms with Gasteiger partial charge in [0.1, 0.15) is 11.5 Å². The van der Waals surface area contributed by atoms with Gasteiger partial charge < -0.3 is 19.9 Å². The first-order valence-electron chi connectivity index (χ1n) is 7.45. The molecule has 0 spiro atoms. The first kappa shape index (κ1) is 17.4. The second kappa shape index (κ2) is 6.83. The summed E-state index contributed by atoms with van der Waals surface area (Å²) in [6.45, 7) is 0. The van der Waals surface area contributed by atoms with Gasteiger partial charge in [-0.15, -0.1) is 0 Å². The fraction of sp³-hybridized carbons (Fsp3) is 0. The van der Waals surface area contributed by atoms with Crippen LogP contribution in [-0.4, -0.2) is 33.2 Å². The molecule has 0 unspecified atom stereocenters. The van der Waals surface area contributed by atoms with Gasteiger partial charge in [0, 0.05) is 22.9 Å². The summed E-state index contributed by atoms with van der Waals surface area (Å²) in [7, 11) is -1.98. The molecular formula is C17H12BNO7. The Kier molecular flexibility index (Phi) is 4.57. The Labute approximate surface area is 147 Å². The first-order chi connectivity index (χ1) is 12.4. The number of hydrogen-bond donors (Lipinski definition) is 3. The number of non-ortho nitro benzene ring substituents is 1. The molecule has 26 heavy (non-hydrogen) atoms. The van der Waals surface area contributed by atoms with Gasteiger partial charge in [0.05, 0.1) is 10.5 Å². The molecule has 0 aliphatic rings. The average Bonchev–Trinajstić information content (AvgIpc) is 2.63. The van der Waals surface area contributed by atoms with Gasteiger partial charge in [-0.3, -0.25) is 10.1 Å². The van der Waals surface area contributed by atoms with Crippen LogP contribution in [0.5, 0.6) is 11.5 Å². The molecule has 3 aromatic rings. The highest BCUT2D eigenvalue weighted by atomic mass is 16.6. The topological polar surface area (TPSA) is 130 Å². The lowest BCUT2D eigenvalue weighted by Gasteiger charge is -2.10. The molecule has 0 saturated carbocycles. The zero-order chi connectivity index (χ0) is 18.8. The first-order valence-corrected chi connectivity index (χ1v) is 7.45. The smallest absolute Gasteiger partial charge is 0.488 e. The highest BCUT2D eigenvalue weighted by Crippen LogP contribution is 2.32. The van der Waals surface area contributed by atoms with Crippen molar-refractivity contribution in [3.8, 4) is 11.5 Å². The van der Waals surface area contributed by atoms with Gasteiger partial charge in [-0.1, -0.05) is 24.3 Å². The summed E-state index contributed by atoms with van der Waals surface area (Å²) in [5.41, 5.74) is -0.890. The van der Waals surface area contributed by atoms with Crippen LogP contribution in [0, 0.1) is 10.1 Å². The third-order valence-electron chi connectivity index (χ3n) is 3.75. The number of nitro benzene ring substituents is 1. The van der Waals surface area contributed by atoms with Crippen LogP contribution in [0.2, 0.25) is 0 Å². The van der Waals surface area contributed by atoms with Gasteiger partial charge in [0.15, 0.2) is 0 Å². The van der Waals surface area contributed by atoms with Gasteiger partial charge >= 0.3 is 13.1 Å². The van der Waals surface area contributed by atoms with E-state index in [0.717, 1.165) is 18.2 Å². The standard InChI is InChI=1S/C17H12BNO7/c20-15-5-6-16(14-4-2-1-3-13(14)15)26-17(21)10-7-11(18(22)23)9-12(8-10)19(24)25/h1-9,20,22-23H. The van der Waals surface area contributed by atoms with Gasteiger partial charge in [0.2, 0.25) is 0 Å². The van der Waals surface area contributed by atoms with E-state index in [-0.39, 0.29) is 22.5 Å². The Morgan fingerprint density at radius 2 is 1.73 bits per heavy atom. The summed E-state index contributed by atoms with van der Waals surface area (Å²) in [5.74, 6) is -0.742. The van der Waals surface area contributed by atoms with E-state index in [9.17, 15) is 30.1 Å². The highest BCUT2D eigenvalue weighted by Gasteiger charge is 2.21. The van der Waals surface area contributed by atoms with Crippen LogP contribution >= 0.6 is 0 Å². The molecule has 8 nitrogen and oxygen atoms in total. The van der Waals surface area contributed by atoms with E-state index in [0.29, 0.717) is 10.8 Å². The molecule has 3 aromatic carbocycles. The maximum Gasteiger partial charge on any atom is 0.488 e. The zero-order valence-electron chi connectivity index (χ0n) is 13.2. The normalized spacial score (nSPS) is 10.5. The van der Waals surface area contributed by atoms with E-state index in [2.05, 4.69) is 0 Å². The number of carbonyl (C=O) groups excluding carboxylic acids is 1. The van der Waals surface area contributed by atoms with Gasteiger partial charge in [-0.25, -0.2) is 4.79 Å². The summed E-state index contributed by atoms with van der Waals surface area (Å²) in [6.07, 6.45) is 0. The number of nitrogens with zero attached hydrogens (tertiary/aromatic N) is 1. The quantitative estimate of drug-likeness (QED) is 0.212. The number of aromatic hydroxyl groups is 1. The van der Waals surface area contributed by atoms with Gasteiger partial charge in [-0.05, 0) is 23.7 Å². The van der Waals surface area contributed by atoms with Crippen LogP contribution in [-0.2, 0) is 0 Å². The largest absolute Gasteiger partial charge is 0.507 e. The lowest BCUT2D eigenvalue weighted by Crippen LogP contribution is -2.31. The molecule has 0 bridgehead atoms. The maximum atomic E-state index is 12.4. The second-order valence-corrected chi connectivity index (χ2v) is 5.46. The molecule has 3 rings (SSSR count). The van der Waals surface area contributed by atoms with Gasteiger partial charge in [0.25, 0.3) is 5.69 Å². The maximum absolute atomic E-state index is 12.4. The lowest BCUT2D eigenvalue weighted by atomic mass is 9.79. The summed E-state index contributed by atoms with van der Waals surface area (Å²) < 4.78 is 5.30. The van der Waals surface area contributed by atoms with Crippen molar-refractivity contribution in [2.75, 3.05) is 0 Å². The molecule has 0 aliphatic carbocycles. The van der Waals surface area contributed by atoms with Crippen molar-refractivity contribution in [2.24, 2.45) is 0 Å². The van der Waals surface area contributed by atoms with E-state index >= 15 is 0 Å². The minimum atomic E-state index is -1.98. The van der Waals surface area contributed by atoms with Crippen molar-refractivity contribution < 1.29 is 29.6 Å².